The van der Waals surface area contributed by atoms with Crippen LogP contribution in [0.25, 0.3) is 0 Å². The Morgan fingerprint density at radius 1 is 1.50 bits per heavy atom. The maximum Gasteiger partial charge on any atom is 0.325 e. The van der Waals surface area contributed by atoms with E-state index in [1.54, 1.807) is 0 Å². The Labute approximate surface area is 91.7 Å². The van der Waals surface area contributed by atoms with Gasteiger partial charge in [0.1, 0.15) is 6.04 Å². The summed E-state index contributed by atoms with van der Waals surface area (Å²) in [5.41, 5.74) is 0.315. The molecule has 3 N–H and O–H groups in total. The predicted molar refractivity (Wildman–Crippen MR) is 54.6 cm³/mol. The summed E-state index contributed by atoms with van der Waals surface area (Å²) < 4.78 is 13.1. The topological polar surface area (TPSA) is 69.6 Å². The second-order valence-corrected chi connectivity index (χ2v) is 3.92. The Morgan fingerprint density at radius 3 is 2.69 bits per heavy atom. The maximum atomic E-state index is 13.1. The molecule has 16 heavy (non-hydrogen) atoms. The normalized spacial score (nSPS) is 17.1. The third kappa shape index (κ3) is 2.30. The van der Waals surface area contributed by atoms with E-state index in [4.69, 9.17) is 10.2 Å². The number of benzene rings is 1. The lowest BCUT2D eigenvalue weighted by atomic mass is 10.1. The van der Waals surface area contributed by atoms with E-state index < -0.39 is 23.6 Å². The van der Waals surface area contributed by atoms with Crippen molar-refractivity contribution in [1.29, 1.82) is 0 Å². The number of aromatic hydroxyl groups is 1. The molecule has 1 atom stereocenters. The van der Waals surface area contributed by atoms with Gasteiger partial charge in [-0.15, -0.1) is 0 Å². The average molecular weight is 225 g/mol. The first kappa shape index (κ1) is 10.9. The van der Waals surface area contributed by atoms with Gasteiger partial charge in [-0.25, -0.2) is 4.39 Å². The highest BCUT2D eigenvalue weighted by Crippen LogP contribution is 2.26. The summed E-state index contributed by atoms with van der Waals surface area (Å²) in [5, 5.41) is 20.9. The Kier molecular flexibility index (Phi) is 2.78. The molecule has 0 amide bonds. The first-order chi connectivity index (χ1) is 7.58. The molecule has 1 aliphatic carbocycles. The Bertz CT molecular complexity index is 418. The largest absolute Gasteiger partial charge is 0.505 e. The van der Waals surface area contributed by atoms with Gasteiger partial charge in [0.2, 0.25) is 0 Å². The summed E-state index contributed by atoms with van der Waals surface area (Å²) in [6.07, 6.45) is 1.90. The van der Waals surface area contributed by atoms with Crippen LogP contribution in [0.15, 0.2) is 18.2 Å². The van der Waals surface area contributed by atoms with Crippen LogP contribution in [0.5, 0.6) is 5.75 Å². The molecule has 1 fully saturated rings. The predicted octanol–water partition coefficient (Wildman–Crippen LogP) is 1.41. The van der Waals surface area contributed by atoms with Crippen molar-refractivity contribution in [2.24, 2.45) is 0 Å². The summed E-state index contributed by atoms with van der Waals surface area (Å²) >= 11 is 0. The summed E-state index contributed by atoms with van der Waals surface area (Å²) in [7, 11) is 0. The summed E-state index contributed by atoms with van der Waals surface area (Å²) in [6.45, 7) is 0. The number of carboxylic acid groups (broad SMARTS) is 1. The van der Waals surface area contributed by atoms with Crippen LogP contribution in [0.2, 0.25) is 0 Å². The summed E-state index contributed by atoms with van der Waals surface area (Å²) in [5.74, 6) is -2.32. The number of hydrogen-bond acceptors (Lipinski definition) is 3. The molecule has 86 valence electrons. The lowest BCUT2D eigenvalue weighted by molar-refractivity contribution is -0.139. The monoisotopic (exact) mass is 225 g/mol. The van der Waals surface area contributed by atoms with Crippen molar-refractivity contribution in [3.05, 3.63) is 29.6 Å². The third-order valence-electron chi connectivity index (χ3n) is 2.53. The number of nitrogens with one attached hydrogen (secondary N) is 1. The van der Waals surface area contributed by atoms with E-state index in [2.05, 4.69) is 5.32 Å². The molecule has 5 heteroatoms. The molecule has 0 spiro atoms. The minimum Gasteiger partial charge on any atom is -0.505 e. The first-order valence-electron chi connectivity index (χ1n) is 5.05. The van der Waals surface area contributed by atoms with Gasteiger partial charge in [-0.05, 0) is 30.5 Å². The van der Waals surface area contributed by atoms with E-state index in [1.807, 2.05) is 0 Å². The minimum absolute atomic E-state index is 0.206. The Balaban J connectivity index is 2.22. The zero-order valence-electron chi connectivity index (χ0n) is 8.48. The Hall–Kier alpha value is -1.62. The van der Waals surface area contributed by atoms with E-state index in [0.717, 1.165) is 25.0 Å². The summed E-state index contributed by atoms with van der Waals surface area (Å²) in [4.78, 5) is 11.0. The molecule has 4 nitrogen and oxygen atoms in total. The van der Waals surface area contributed by atoms with E-state index in [0.29, 0.717) is 5.56 Å². The molecule has 0 heterocycles. The Morgan fingerprint density at radius 2 is 2.19 bits per heavy atom. The molecule has 1 unspecified atom stereocenters. The van der Waals surface area contributed by atoms with Crippen molar-refractivity contribution in [2.75, 3.05) is 0 Å². The van der Waals surface area contributed by atoms with Gasteiger partial charge >= 0.3 is 5.97 Å². The number of aliphatic carboxylic acids is 1. The number of phenols is 1. The maximum absolute atomic E-state index is 13.1. The van der Waals surface area contributed by atoms with E-state index in [-0.39, 0.29) is 6.04 Å². The molecule has 2 rings (SSSR count). The van der Waals surface area contributed by atoms with Gasteiger partial charge in [-0.3, -0.25) is 10.1 Å². The van der Waals surface area contributed by atoms with Crippen molar-refractivity contribution in [3.63, 3.8) is 0 Å². The molecule has 0 aliphatic heterocycles. The quantitative estimate of drug-likeness (QED) is 0.724. The first-order valence-corrected chi connectivity index (χ1v) is 5.05. The summed E-state index contributed by atoms with van der Waals surface area (Å²) in [6, 6.07) is 2.91. The van der Waals surface area contributed by atoms with Gasteiger partial charge in [0, 0.05) is 6.04 Å². The van der Waals surface area contributed by atoms with Gasteiger partial charge in [-0.1, -0.05) is 6.07 Å². The van der Waals surface area contributed by atoms with E-state index in [9.17, 15) is 9.18 Å². The number of carboxylic acids is 1. The zero-order valence-corrected chi connectivity index (χ0v) is 8.48. The second kappa shape index (κ2) is 4.09. The van der Waals surface area contributed by atoms with Crippen molar-refractivity contribution in [2.45, 2.75) is 24.9 Å². The molecule has 0 radical (unpaired) electrons. The number of halogens is 1. The van der Waals surface area contributed by atoms with Gasteiger partial charge in [0.05, 0.1) is 0 Å². The van der Waals surface area contributed by atoms with Crippen molar-refractivity contribution >= 4 is 5.97 Å². The molecule has 1 saturated carbocycles. The molecule has 1 aliphatic rings. The van der Waals surface area contributed by atoms with Crippen molar-refractivity contribution in [1.82, 2.24) is 5.32 Å². The van der Waals surface area contributed by atoms with Gasteiger partial charge in [0.15, 0.2) is 11.6 Å². The highest BCUT2D eigenvalue weighted by atomic mass is 19.1. The standard InChI is InChI=1S/C11H12FNO3/c12-8-5-6(1-4-9(8)14)10(11(15)16)13-7-2-3-7/h1,4-5,7,10,13-14H,2-3H2,(H,15,16). The fourth-order valence-electron chi connectivity index (χ4n) is 1.50. The van der Waals surface area contributed by atoms with Crippen LogP contribution < -0.4 is 5.32 Å². The van der Waals surface area contributed by atoms with Crippen molar-refractivity contribution in [3.8, 4) is 5.75 Å². The van der Waals surface area contributed by atoms with Crippen LogP contribution >= 0.6 is 0 Å². The SMILES string of the molecule is O=C(O)C(NC1CC1)c1ccc(O)c(F)c1. The molecular formula is C11H12FNO3. The van der Waals surface area contributed by atoms with E-state index >= 15 is 0 Å². The number of carbonyl (C=O) groups is 1. The zero-order chi connectivity index (χ0) is 11.7. The minimum atomic E-state index is -1.04. The molecule has 0 bridgehead atoms. The lowest BCUT2D eigenvalue weighted by Crippen LogP contribution is -2.30. The van der Waals surface area contributed by atoms with Gasteiger partial charge in [0.25, 0.3) is 0 Å². The fraction of sp³-hybridized carbons (Fsp3) is 0.364. The molecule has 0 aromatic heterocycles. The van der Waals surface area contributed by atoms with Gasteiger partial charge < -0.3 is 10.2 Å². The second-order valence-electron chi connectivity index (χ2n) is 3.92. The highest BCUT2D eigenvalue weighted by Gasteiger charge is 2.29. The van der Waals surface area contributed by atoms with Gasteiger partial charge in [-0.2, -0.15) is 0 Å². The molecule has 0 saturated heterocycles. The number of hydrogen-bond donors (Lipinski definition) is 3. The van der Waals surface area contributed by atoms with Crippen LogP contribution in [-0.2, 0) is 4.79 Å². The smallest absolute Gasteiger partial charge is 0.325 e. The highest BCUT2D eigenvalue weighted by molar-refractivity contribution is 5.75. The van der Waals surface area contributed by atoms with Crippen molar-refractivity contribution < 1.29 is 19.4 Å². The molecular weight excluding hydrogens is 213 g/mol. The average Bonchev–Trinajstić information content (AvgIpc) is 3.02. The van der Waals surface area contributed by atoms with Crippen LogP contribution in [-0.4, -0.2) is 22.2 Å². The van der Waals surface area contributed by atoms with E-state index in [1.165, 1.54) is 6.07 Å². The molecule has 1 aromatic carbocycles. The lowest BCUT2D eigenvalue weighted by Gasteiger charge is -2.14. The molecule has 1 aromatic rings. The fourth-order valence-corrected chi connectivity index (χ4v) is 1.50. The van der Waals surface area contributed by atoms with Crippen LogP contribution in [0.1, 0.15) is 24.4 Å². The number of rotatable bonds is 4. The number of phenolic OH excluding ortho intramolecular Hbond substituents is 1. The van der Waals surface area contributed by atoms with Crippen LogP contribution in [0, 0.1) is 5.82 Å². The van der Waals surface area contributed by atoms with Crippen LogP contribution in [0.3, 0.4) is 0 Å². The van der Waals surface area contributed by atoms with Crippen LogP contribution in [0.4, 0.5) is 4.39 Å². The third-order valence-corrected chi connectivity index (χ3v) is 2.53.